The van der Waals surface area contributed by atoms with Gasteiger partial charge in [0.2, 0.25) is 5.91 Å². The Labute approximate surface area is 90.8 Å². The Morgan fingerprint density at radius 1 is 1.67 bits per heavy atom. The van der Waals surface area contributed by atoms with E-state index in [0.29, 0.717) is 6.42 Å². The van der Waals surface area contributed by atoms with E-state index in [1.165, 1.54) is 0 Å². The summed E-state index contributed by atoms with van der Waals surface area (Å²) in [6, 6.07) is 2.23. The van der Waals surface area contributed by atoms with Crippen LogP contribution in [0.2, 0.25) is 0 Å². The van der Waals surface area contributed by atoms with Crippen LogP contribution in [-0.2, 0) is 4.79 Å². The molecule has 4 heteroatoms. The van der Waals surface area contributed by atoms with Crippen LogP contribution >= 0.6 is 0 Å². The van der Waals surface area contributed by atoms with Gasteiger partial charge >= 0.3 is 0 Å². The first kappa shape index (κ1) is 12.0. The highest BCUT2D eigenvalue weighted by molar-refractivity contribution is 5.77. The van der Waals surface area contributed by atoms with Crippen LogP contribution < -0.4 is 11.1 Å². The molecule has 0 radical (unpaired) electrons. The molecule has 1 fully saturated rings. The molecule has 1 amide bonds. The van der Waals surface area contributed by atoms with Crippen LogP contribution in [0.15, 0.2) is 0 Å². The van der Waals surface area contributed by atoms with E-state index in [0.717, 1.165) is 25.7 Å². The third kappa shape index (κ3) is 3.52. The Kier molecular flexibility index (Phi) is 4.57. The van der Waals surface area contributed by atoms with Crippen molar-refractivity contribution in [1.82, 2.24) is 5.32 Å². The molecule has 84 valence electrons. The molecule has 0 saturated heterocycles. The largest absolute Gasteiger partial charge is 0.352 e. The maximum atomic E-state index is 11.5. The molecule has 0 bridgehead atoms. The van der Waals surface area contributed by atoms with Gasteiger partial charge in [0.1, 0.15) is 0 Å². The number of nitrogens with zero attached hydrogens (tertiary/aromatic N) is 1. The number of hydrogen-bond donors (Lipinski definition) is 2. The summed E-state index contributed by atoms with van der Waals surface area (Å²) in [4.78, 5) is 11.5. The van der Waals surface area contributed by atoms with Gasteiger partial charge in [0.15, 0.2) is 0 Å². The van der Waals surface area contributed by atoms with Crippen LogP contribution in [0.1, 0.15) is 39.0 Å². The van der Waals surface area contributed by atoms with Gasteiger partial charge in [-0.1, -0.05) is 6.92 Å². The van der Waals surface area contributed by atoms with Gasteiger partial charge in [0.25, 0.3) is 0 Å². The molecular weight excluding hydrogens is 190 g/mol. The van der Waals surface area contributed by atoms with Gasteiger partial charge < -0.3 is 11.1 Å². The average Bonchev–Trinajstić information content (AvgIpc) is 2.64. The van der Waals surface area contributed by atoms with Gasteiger partial charge in [0.05, 0.1) is 12.0 Å². The lowest BCUT2D eigenvalue weighted by Crippen LogP contribution is -2.39. The molecule has 3 N–H and O–H groups in total. The molecule has 0 aromatic carbocycles. The van der Waals surface area contributed by atoms with E-state index in [2.05, 4.69) is 11.4 Å². The zero-order chi connectivity index (χ0) is 11.3. The zero-order valence-corrected chi connectivity index (χ0v) is 9.20. The molecule has 3 atom stereocenters. The number of nitriles is 1. The van der Waals surface area contributed by atoms with Crippen LogP contribution in [0.3, 0.4) is 0 Å². The Morgan fingerprint density at radius 2 is 2.40 bits per heavy atom. The maximum Gasteiger partial charge on any atom is 0.221 e. The number of carbonyl (C=O) groups is 1. The molecular formula is C11H19N3O. The predicted octanol–water partition coefficient (Wildman–Crippen LogP) is 0.922. The van der Waals surface area contributed by atoms with E-state index in [1.54, 1.807) is 0 Å². The third-order valence-electron chi connectivity index (χ3n) is 3.00. The van der Waals surface area contributed by atoms with Crippen LogP contribution in [0.4, 0.5) is 0 Å². The molecule has 1 rings (SSSR count). The number of amides is 1. The molecule has 1 aliphatic carbocycles. The topological polar surface area (TPSA) is 78.9 Å². The minimum Gasteiger partial charge on any atom is -0.352 e. The summed E-state index contributed by atoms with van der Waals surface area (Å²) in [5, 5.41) is 11.8. The Bertz CT molecular complexity index is 259. The zero-order valence-electron chi connectivity index (χ0n) is 9.20. The second-order valence-corrected chi connectivity index (χ2v) is 4.21. The molecule has 0 aromatic rings. The van der Waals surface area contributed by atoms with E-state index in [1.807, 2.05) is 6.92 Å². The minimum absolute atomic E-state index is 0.00759. The van der Waals surface area contributed by atoms with Crippen LogP contribution in [0.25, 0.3) is 0 Å². The molecule has 0 spiro atoms. The normalized spacial score (nSPS) is 27.0. The number of nitrogens with two attached hydrogens (primary N) is 1. The van der Waals surface area contributed by atoms with Crippen LogP contribution in [0, 0.1) is 17.2 Å². The molecule has 4 nitrogen and oxygen atoms in total. The average molecular weight is 209 g/mol. The van der Waals surface area contributed by atoms with Crippen molar-refractivity contribution in [1.29, 1.82) is 5.26 Å². The van der Waals surface area contributed by atoms with Crippen molar-refractivity contribution in [2.75, 3.05) is 0 Å². The monoisotopic (exact) mass is 209 g/mol. The fourth-order valence-electron chi connectivity index (χ4n) is 1.94. The van der Waals surface area contributed by atoms with E-state index >= 15 is 0 Å². The fraction of sp³-hybridized carbons (Fsp3) is 0.818. The quantitative estimate of drug-likeness (QED) is 0.722. The van der Waals surface area contributed by atoms with E-state index in [4.69, 9.17) is 11.0 Å². The lowest BCUT2D eigenvalue weighted by atomic mass is 10.1. The first-order valence-corrected chi connectivity index (χ1v) is 5.62. The Balaban J connectivity index is 2.35. The number of rotatable bonds is 4. The summed E-state index contributed by atoms with van der Waals surface area (Å²) < 4.78 is 0. The summed E-state index contributed by atoms with van der Waals surface area (Å²) in [6.45, 7) is 1.96. The van der Waals surface area contributed by atoms with E-state index in [-0.39, 0.29) is 23.9 Å². The fourth-order valence-corrected chi connectivity index (χ4v) is 1.94. The lowest BCUT2D eigenvalue weighted by Gasteiger charge is -2.16. The van der Waals surface area contributed by atoms with Gasteiger partial charge in [-0.15, -0.1) is 0 Å². The molecule has 0 heterocycles. The Hall–Kier alpha value is -1.08. The third-order valence-corrected chi connectivity index (χ3v) is 3.00. The summed E-state index contributed by atoms with van der Waals surface area (Å²) in [5.41, 5.74) is 5.69. The number of carbonyl (C=O) groups excluding carboxylic acids is 1. The van der Waals surface area contributed by atoms with Crippen molar-refractivity contribution in [3.8, 4) is 6.07 Å². The molecule has 15 heavy (non-hydrogen) atoms. The van der Waals surface area contributed by atoms with Gasteiger partial charge in [-0.25, -0.2) is 0 Å². The summed E-state index contributed by atoms with van der Waals surface area (Å²) in [5.74, 6) is -0.0247. The van der Waals surface area contributed by atoms with Gasteiger partial charge in [-0.2, -0.15) is 5.26 Å². The molecule has 1 saturated carbocycles. The molecule has 3 unspecified atom stereocenters. The summed E-state index contributed by atoms with van der Waals surface area (Å²) in [7, 11) is 0. The van der Waals surface area contributed by atoms with Crippen molar-refractivity contribution in [3.05, 3.63) is 0 Å². The van der Waals surface area contributed by atoms with Crippen LogP contribution in [0.5, 0.6) is 0 Å². The highest BCUT2D eigenvalue weighted by atomic mass is 16.1. The van der Waals surface area contributed by atoms with Crippen molar-refractivity contribution < 1.29 is 4.79 Å². The van der Waals surface area contributed by atoms with Gasteiger partial charge in [0, 0.05) is 18.5 Å². The minimum atomic E-state index is -0.0630. The van der Waals surface area contributed by atoms with Crippen molar-refractivity contribution in [3.63, 3.8) is 0 Å². The van der Waals surface area contributed by atoms with Crippen molar-refractivity contribution in [2.24, 2.45) is 11.7 Å². The van der Waals surface area contributed by atoms with Crippen molar-refractivity contribution in [2.45, 2.75) is 51.1 Å². The molecule has 0 aliphatic heterocycles. The SMILES string of the molecule is CCC(N)CC(=O)NC1CCCC1C#N. The second kappa shape index (κ2) is 5.72. The Morgan fingerprint density at radius 3 is 3.00 bits per heavy atom. The number of hydrogen-bond acceptors (Lipinski definition) is 3. The first-order chi connectivity index (χ1) is 7.17. The standard InChI is InChI=1S/C11H19N3O/c1-2-9(13)6-11(15)14-10-5-3-4-8(10)7-12/h8-10H,2-6,13H2,1H3,(H,14,15). The van der Waals surface area contributed by atoms with E-state index in [9.17, 15) is 4.79 Å². The highest BCUT2D eigenvalue weighted by Crippen LogP contribution is 2.24. The smallest absolute Gasteiger partial charge is 0.221 e. The molecule has 0 aromatic heterocycles. The van der Waals surface area contributed by atoms with Crippen LogP contribution in [-0.4, -0.2) is 18.0 Å². The second-order valence-electron chi connectivity index (χ2n) is 4.21. The predicted molar refractivity (Wildman–Crippen MR) is 57.8 cm³/mol. The van der Waals surface area contributed by atoms with Gasteiger partial charge in [-0.05, 0) is 25.7 Å². The van der Waals surface area contributed by atoms with E-state index < -0.39 is 0 Å². The number of nitrogens with one attached hydrogen (secondary N) is 1. The lowest BCUT2D eigenvalue weighted by molar-refractivity contribution is -0.122. The van der Waals surface area contributed by atoms with Gasteiger partial charge in [-0.3, -0.25) is 4.79 Å². The highest BCUT2D eigenvalue weighted by Gasteiger charge is 2.28. The maximum absolute atomic E-state index is 11.5. The summed E-state index contributed by atoms with van der Waals surface area (Å²) in [6.07, 6.45) is 4.03. The van der Waals surface area contributed by atoms with Crippen molar-refractivity contribution >= 4 is 5.91 Å². The summed E-state index contributed by atoms with van der Waals surface area (Å²) >= 11 is 0. The molecule has 1 aliphatic rings. The first-order valence-electron chi connectivity index (χ1n) is 5.62.